The molecule has 4 nitrogen and oxygen atoms in total. The van der Waals surface area contributed by atoms with Gasteiger partial charge in [-0.1, -0.05) is 27.7 Å². The summed E-state index contributed by atoms with van der Waals surface area (Å²) in [5, 5.41) is 13.2. The van der Waals surface area contributed by atoms with E-state index in [2.05, 4.69) is 33.0 Å². The van der Waals surface area contributed by atoms with E-state index in [0.29, 0.717) is 18.8 Å². The Kier molecular flexibility index (Phi) is 6.14. The summed E-state index contributed by atoms with van der Waals surface area (Å²) in [6, 6.07) is 5.57. The average molecular weight is 280 g/mol. The number of hydrogen-bond donors (Lipinski definition) is 3. The second kappa shape index (κ2) is 7.39. The quantitative estimate of drug-likeness (QED) is 0.671. The lowest BCUT2D eigenvalue weighted by molar-refractivity contribution is 0.132. The number of benzene rings is 1. The van der Waals surface area contributed by atoms with Crippen molar-refractivity contribution in [2.24, 2.45) is 5.41 Å². The fourth-order valence-corrected chi connectivity index (χ4v) is 2.04. The van der Waals surface area contributed by atoms with E-state index >= 15 is 0 Å². The largest absolute Gasteiger partial charge is 0.493 e. The Morgan fingerprint density at radius 1 is 1.30 bits per heavy atom. The Labute approximate surface area is 122 Å². The van der Waals surface area contributed by atoms with Gasteiger partial charge in [0.1, 0.15) is 5.75 Å². The zero-order chi connectivity index (χ0) is 15.2. The molecule has 0 heterocycles. The number of aliphatic hydroxyl groups is 1. The SMILES string of the molecule is CCCOc1cc(N)cc(NCC(O)CC(C)(C)C)c1. The van der Waals surface area contributed by atoms with E-state index < -0.39 is 0 Å². The van der Waals surface area contributed by atoms with Gasteiger partial charge in [0.15, 0.2) is 0 Å². The van der Waals surface area contributed by atoms with Crippen LogP contribution >= 0.6 is 0 Å². The smallest absolute Gasteiger partial charge is 0.123 e. The minimum atomic E-state index is -0.378. The molecule has 1 aromatic rings. The highest BCUT2D eigenvalue weighted by Crippen LogP contribution is 2.24. The topological polar surface area (TPSA) is 67.5 Å². The first-order valence-corrected chi connectivity index (χ1v) is 7.25. The standard InChI is InChI=1S/C16H28N2O2/c1-5-6-20-15-8-12(17)7-13(9-15)18-11-14(19)10-16(2,3)4/h7-9,14,18-19H,5-6,10-11,17H2,1-4H3. The maximum Gasteiger partial charge on any atom is 0.123 e. The molecular weight excluding hydrogens is 252 g/mol. The minimum Gasteiger partial charge on any atom is -0.493 e. The lowest BCUT2D eigenvalue weighted by atomic mass is 9.89. The van der Waals surface area contributed by atoms with Gasteiger partial charge in [0.2, 0.25) is 0 Å². The Balaban J connectivity index is 2.56. The first-order valence-electron chi connectivity index (χ1n) is 7.25. The molecule has 1 atom stereocenters. The second-order valence-corrected chi connectivity index (χ2v) is 6.44. The fourth-order valence-electron chi connectivity index (χ4n) is 2.04. The van der Waals surface area contributed by atoms with E-state index in [9.17, 15) is 5.11 Å². The summed E-state index contributed by atoms with van der Waals surface area (Å²) in [4.78, 5) is 0. The number of rotatable bonds is 7. The van der Waals surface area contributed by atoms with Crippen molar-refractivity contribution in [1.29, 1.82) is 0 Å². The summed E-state index contributed by atoms with van der Waals surface area (Å²) in [6.07, 6.45) is 1.33. The van der Waals surface area contributed by atoms with E-state index in [1.807, 2.05) is 18.2 Å². The molecule has 20 heavy (non-hydrogen) atoms. The highest BCUT2D eigenvalue weighted by molar-refractivity contribution is 5.59. The molecule has 1 unspecified atom stereocenters. The van der Waals surface area contributed by atoms with E-state index in [1.54, 1.807) is 0 Å². The Morgan fingerprint density at radius 3 is 2.60 bits per heavy atom. The van der Waals surface area contributed by atoms with Gasteiger partial charge in [-0.05, 0) is 24.3 Å². The number of nitrogens with two attached hydrogens (primary N) is 1. The van der Waals surface area contributed by atoms with Crippen LogP contribution in [-0.2, 0) is 0 Å². The first kappa shape index (κ1) is 16.6. The molecule has 0 spiro atoms. The van der Waals surface area contributed by atoms with Crippen molar-refractivity contribution in [3.63, 3.8) is 0 Å². The molecule has 0 saturated heterocycles. The summed E-state index contributed by atoms with van der Waals surface area (Å²) in [5.74, 6) is 0.764. The van der Waals surface area contributed by atoms with Crippen LogP contribution in [-0.4, -0.2) is 24.4 Å². The van der Waals surface area contributed by atoms with Crippen LogP contribution in [0, 0.1) is 5.41 Å². The third kappa shape index (κ3) is 6.66. The van der Waals surface area contributed by atoms with Crippen LogP contribution in [0.2, 0.25) is 0 Å². The highest BCUT2D eigenvalue weighted by Gasteiger charge is 2.16. The number of nitrogen functional groups attached to an aromatic ring is 1. The van der Waals surface area contributed by atoms with E-state index in [0.717, 1.165) is 24.3 Å². The van der Waals surface area contributed by atoms with Gasteiger partial charge < -0.3 is 20.9 Å². The molecule has 114 valence electrons. The lowest BCUT2D eigenvalue weighted by Gasteiger charge is -2.23. The predicted molar refractivity (Wildman–Crippen MR) is 85.2 cm³/mol. The molecular formula is C16H28N2O2. The summed E-state index contributed by atoms with van der Waals surface area (Å²) in [5.41, 5.74) is 7.51. The van der Waals surface area contributed by atoms with Gasteiger partial charge in [0, 0.05) is 30.1 Å². The van der Waals surface area contributed by atoms with Gasteiger partial charge in [-0.25, -0.2) is 0 Å². The maximum absolute atomic E-state index is 10.0. The first-order chi connectivity index (χ1) is 9.30. The molecule has 0 aliphatic heterocycles. The molecule has 0 aliphatic rings. The molecule has 0 bridgehead atoms. The van der Waals surface area contributed by atoms with Gasteiger partial charge in [0.05, 0.1) is 12.7 Å². The summed E-state index contributed by atoms with van der Waals surface area (Å²) >= 11 is 0. The normalized spacial score (nSPS) is 13.1. The summed E-state index contributed by atoms with van der Waals surface area (Å²) in [6.45, 7) is 9.60. The van der Waals surface area contributed by atoms with Crippen molar-refractivity contribution >= 4 is 11.4 Å². The molecule has 0 radical (unpaired) electrons. The van der Waals surface area contributed by atoms with Crippen molar-refractivity contribution in [3.8, 4) is 5.75 Å². The molecule has 4 heteroatoms. The van der Waals surface area contributed by atoms with Crippen LogP contribution in [0.5, 0.6) is 5.75 Å². The van der Waals surface area contributed by atoms with Crippen molar-refractivity contribution in [2.45, 2.75) is 46.6 Å². The predicted octanol–water partition coefficient (Wildman–Crippen LogP) is 3.27. The van der Waals surface area contributed by atoms with Crippen LogP contribution in [0.25, 0.3) is 0 Å². The fraction of sp³-hybridized carbons (Fsp3) is 0.625. The van der Waals surface area contributed by atoms with Crippen LogP contribution < -0.4 is 15.8 Å². The van der Waals surface area contributed by atoms with Crippen LogP contribution in [0.4, 0.5) is 11.4 Å². The Bertz CT molecular complexity index is 413. The molecule has 0 fully saturated rings. The Hall–Kier alpha value is -1.42. The number of ether oxygens (including phenoxy) is 1. The van der Waals surface area contributed by atoms with Crippen LogP contribution in [0.1, 0.15) is 40.5 Å². The monoisotopic (exact) mass is 280 g/mol. The number of nitrogens with one attached hydrogen (secondary N) is 1. The molecule has 1 aromatic carbocycles. The van der Waals surface area contributed by atoms with Crippen LogP contribution in [0.3, 0.4) is 0 Å². The maximum atomic E-state index is 10.0. The second-order valence-electron chi connectivity index (χ2n) is 6.44. The molecule has 0 saturated carbocycles. The molecule has 0 aromatic heterocycles. The highest BCUT2D eigenvalue weighted by atomic mass is 16.5. The number of aliphatic hydroxyl groups excluding tert-OH is 1. The van der Waals surface area contributed by atoms with Crippen molar-refractivity contribution in [1.82, 2.24) is 0 Å². The minimum absolute atomic E-state index is 0.117. The zero-order valence-corrected chi connectivity index (χ0v) is 13.1. The van der Waals surface area contributed by atoms with E-state index in [1.165, 1.54) is 0 Å². The van der Waals surface area contributed by atoms with E-state index in [4.69, 9.17) is 10.5 Å². The number of hydrogen-bond acceptors (Lipinski definition) is 4. The van der Waals surface area contributed by atoms with Gasteiger partial charge in [0.25, 0.3) is 0 Å². The summed E-state index contributed by atoms with van der Waals surface area (Å²) in [7, 11) is 0. The van der Waals surface area contributed by atoms with Gasteiger partial charge >= 0.3 is 0 Å². The summed E-state index contributed by atoms with van der Waals surface area (Å²) < 4.78 is 5.58. The van der Waals surface area contributed by atoms with Gasteiger partial charge in [-0.2, -0.15) is 0 Å². The molecule has 0 aliphatic carbocycles. The lowest BCUT2D eigenvalue weighted by Crippen LogP contribution is -2.25. The van der Waals surface area contributed by atoms with Crippen molar-refractivity contribution < 1.29 is 9.84 Å². The Morgan fingerprint density at radius 2 is 2.00 bits per heavy atom. The van der Waals surface area contributed by atoms with Crippen LogP contribution in [0.15, 0.2) is 18.2 Å². The average Bonchev–Trinajstić information content (AvgIpc) is 2.31. The van der Waals surface area contributed by atoms with Gasteiger partial charge in [-0.15, -0.1) is 0 Å². The zero-order valence-electron chi connectivity index (χ0n) is 13.1. The van der Waals surface area contributed by atoms with Crippen molar-refractivity contribution in [2.75, 3.05) is 24.2 Å². The molecule has 0 amide bonds. The molecule has 1 rings (SSSR count). The third-order valence-electron chi connectivity index (χ3n) is 2.79. The van der Waals surface area contributed by atoms with E-state index in [-0.39, 0.29) is 11.5 Å². The van der Waals surface area contributed by atoms with Gasteiger partial charge in [-0.3, -0.25) is 0 Å². The molecule has 4 N–H and O–H groups in total. The third-order valence-corrected chi connectivity index (χ3v) is 2.79. The van der Waals surface area contributed by atoms with Crippen molar-refractivity contribution in [3.05, 3.63) is 18.2 Å². The number of anilines is 2.